The summed E-state index contributed by atoms with van der Waals surface area (Å²) in [6.45, 7) is 3.95. The van der Waals surface area contributed by atoms with Crippen LogP contribution in [0.25, 0.3) is 0 Å². The van der Waals surface area contributed by atoms with Crippen LogP contribution in [0.5, 0.6) is 0 Å². The highest BCUT2D eigenvalue weighted by Gasteiger charge is 2.31. The van der Waals surface area contributed by atoms with Crippen LogP contribution in [0, 0.1) is 5.92 Å². The lowest BCUT2D eigenvalue weighted by Crippen LogP contribution is -2.45. The standard InChI is InChI=1S/C13H20N4O3/c1-8-7-17(6-4-10(8)18)13(19)11-15-12(20-16-11)9-3-2-5-14-9/h8-10,14,18H,2-7H2,1H3. The number of aliphatic hydroxyl groups excluding tert-OH is 1. The maximum Gasteiger partial charge on any atom is 0.295 e. The quantitative estimate of drug-likeness (QED) is 0.811. The van der Waals surface area contributed by atoms with Crippen molar-refractivity contribution in [2.75, 3.05) is 19.6 Å². The third-order valence-corrected chi connectivity index (χ3v) is 4.14. The Kier molecular flexibility index (Phi) is 3.71. The minimum absolute atomic E-state index is 0.0751. The van der Waals surface area contributed by atoms with Crippen molar-refractivity contribution in [3.05, 3.63) is 11.7 Å². The van der Waals surface area contributed by atoms with E-state index in [1.165, 1.54) is 0 Å². The van der Waals surface area contributed by atoms with E-state index in [0.29, 0.717) is 25.4 Å². The van der Waals surface area contributed by atoms with Gasteiger partial charge in [-0.15, -0.1) is 0 Å². The molecule has 7 heteroatoms. The lowest BCUT2D eigenvalue weighted by molar-refractivity contribution is 0.0288. The summed E-state index contributed by atoms with van der Waals surface area (Å²) in [5.74, 6) is 0.487. The predicted octanol–water partition coefficient (Wildman–Crippen LogP) is 0.337. The third kappa shape index (κ3) is 2.55. The molecule has 20 heavy (non-hydrogen) atoms. The Labute approximate surface area is 117 Å². The molecular weight excluding hydrogens is 260 g/mol. The largest absolute Gasteiger partial charge is 0.393 e. The van der Waals surface area contributed by atoms with Crippen molar-refractivity contribution in [3.8, 4) is 0 Å². The van der Waals surface area contributed by atoms with Gasteiger partial charge >= 0.3 is 0 Å². The van der Waals surface area contributed by atoms with Crippen LogP contribution in [0.1, 0.15) is 48.7 Å². The molecule has 2 N–H and O–H groups in total. The SMILES string of the molecule is CC1CN(C(=O)c2noc(C3CCCN3)n2)CCC1O. The molecule has 0 spiro atoms. The molecule has 2 aliphatic rings. The molecule has 3 rings (SSSR count). The lowest BCUT2D eigenvalue weighted by atomic mass is 9.97. The number of rotatable bonds is 2. The third-order valence-electron chi connectivity index (χ3n) is 4.14. The maximum atomic E-state index is 12.3. The van der Waals surface area contributed by atoms with Crippen molar-refractivity contribution in [2.45, 2.75) is 38.3 Å². The van der Waals surface area contributed by atoms with Gasteiger partial charge in [0.15, 0.2) is 0 Å². The van der Waals surface area contributed by atoms with E-state index in [1.54, 1.807) is 4.90 Å². The van der Waals surface area contributed by atoms with E-state index in [0.717, 1.165) is 19.4 Å². The van der Waals surface area contributed by atoms with Gasteiger partial charge in [0, 0.05) is 13.1 Å². The van der Waals surface area contributed by atoms with Gasteiger partial charge in [-0.25, -0.2) is 0 Å². The Morgan fingerprint density at radius 2 is 2.35 bits per heavy atom. The fourth-order valence-electron chi connectivity index (χ4n) is 2.82. The van der Waals surface area contributed by atoms with Gasteiger partial charge in [0.1, 0.15) is 0 Å². The van der Waals surface area contributed by atoms with Crippen molar-refractivity contribution in [1.29, 1.82) is 0 Å². The molecule has 3 heterocycles. The fourth-order valence-corrected chi connectivity index (χ4v) is 2.82. The van der Waals surface area contributed by atoms with Crippen molar-refractivity contribution in [3.63, 3.8) is 0 Å². The molecule has 0 saturated carbocycles. The number of piperidine rings is 1. The number of likely N-dealkylation sites (tertiary alicyclic amines) is 1. The first kappa shape index (κ1) is 13.5. The number of carbonyl (C=O) groups is 1. The Hall–Kier alpha value is -1.47. The molecule has 110 valence electrons. The summed E-state index contributed by atoms with van der Waals surface area (Å²) in [6, 6.07) is 0.0751. The summed E-state index contributed by atoms with van der Waals surface area (Å²) >= 11 is 0. The fraction of sp³-hybridized carbons (Fsp3) is 0.769. The number of nitrogens with one attached hydrogen (secondary N) is 1. The average Bonchev–Trinajstić information content (AvgIpc) is 3.11. The van der Waals surface area contributed by atoms with E-state index < -0.39 is 0 Å². The Morgan fingerprint density at radius 3 is 3.05 bits per heavy atom. The highest BCUT2D eigenvalue weighted by molar-refractivity contribution is 5.90. The number of hydrogen-bond acceptors (Lipinski definition) is 6. The molecule has 3 unspecified atom stereocenters. The molecule has 2 aliphatic heterocycles. The summed E-state index contributed by atoms with van der Waals surface area (Å²) in [5, 5.41) is 16.8. The van der Waals surface area contributed by atoms with Crippen molar-refractivity contribution < 1.29 is 14.4 Å². The zero-order valence-corrected chi connectivity index (χ0v) is 11.6. The molecule has 1 amide bonds. The lowest BCUT2D eigenvalue weighted by Gasteiger charge is -2.33. The topological polar surface area (TPSA) is 91.5 Å². The Bertz CT molecular complexity index is 484. The number of carbonyl (C=O) groups excluding carboxylic acids is 1. The number of aromatic nitrogens is 2. The van der Waals surface area contributed by atoms with E-state index in [4.69, 9.17) is 4.52 Å². The highest BCUT2D eigenvalue weighted by Crippen LogP contribution is 2.22. The second-order valence-electron chi connectivity index (χ2n) is 5.69. The van der Waals surface area contributed by atoms with Crippen LogP contribution in [0.15, 0.2) is 4.52 Å². The Balaban J connectivity index is 1.68. The first-order chi connectivity index (χ1) is 9.65. The molecule has 1 aromatic rings. The van der Waals surface area contributed by atoms with E-state index >= 15 is 0 Å². The number of hydrogen-bond donors (Lipinski definition) is 2. The first-order valence-electron chi connectivity index (χ1n) is 7.19. The van der Waals surface area contributed by atoms with Crippen LogP contribution in [0.3, 0.4) is 0 Å². The second-order valence-corrected chi connectivity index (χ2v) is 5.69. The van der Waals surface area contributed by atoms with Crippen LogP contribution < -0.4 is 5.32 Å². The van der Waals surface area contributed by atoms with Crippen molar-refractivity contribution in [1.82, 2.24) is 20.4 Å². The number of aliphatic hydroxyl groups is 1. The van der Waals surface area contributed by atoms with Gasteiger partial charge < -0.3 is 19.8 Å². The van der Waals surface area contributed by atoms with E-state index in [1.807, 2.05) is 6.92 Å². The van der Waals surface area contributed by atoms with Gasteiger partial charge in [-0.2, -0.15) is 4.98 Å². The summed E-state index contributed by atoms with van der Waals surface area (Å²) in [4.78, 5) is 18.2. The molecule has 0 aromatic carbocycles. The molecule has 7 nitrogen and oxygen atoms in total. The van der Waals surface area contributed by atoms with E-state index in [2.05, 4.69) is 15.5 Å². The number of nitrogens with zero attached hydrogens (tertiary/aromatic N) is 3. The zero-order chi connectivity index (χ0) is 14.1. The first-order valence-corrected chi connectivity index (χ1v) is 7.19. The monoisotopic (exact) mass is 280 g/mol. The van der Waals surface area contributed by atoms with Crippen LogP contribution in [0.4, 0.5) is 0 Å². The normalized spacial score (nSPS) is 30.7. The summed E-state index contributed by atoms with van der Waals surface area (Å²) in [6.07, 6.45) is 2.31. The van der Waals surface area contributed by atoms with Gasteiger partial charge in [0.25, 0.3) is 11.7 Å². The summed E-state index contributed by atoms with van der Waals surface area (Å²) in [7, 11) is 0. The highest BCUT2D eigenvalue weighted by atomic mass is 16.5. The van der Waals surface area contributed by atoms with Crippen LogP contribution in [-0.4, -0.2) is 51.8 Å². The smallest absolute Gasteiger partial charge is 0.295 e. The van der Waals surface area contributed by atoms with Crippen LogP contribution >= 0.6 is 0 Å². The van der Waals surface area contributed by atoms with Crippen LogP contribution in [0.2, 0.25) is 0 Å². The minimum Gasteiger partial charge on any atom is -0.393 e. The number of amides is 1. The molecular formula is C13H20N4O3. The molecule has 0 aliphatic carbocycles. The minimum atomic E-state index is -0.331. The van der Waals surface area contributed by atoms with Crippen molar-refractivity contribution >= 4 is 5.91 Å². The predicted molar refractivity (Wildman–Crippen MR) is 70.0 cm³/mol. The zero-order valence-electron chi connectivity index (χ0n) is 11.6. The van der Waals surface area contributed by atoms with E-state index in [9.17, 15) is 9.90 Å². The van der Waals surface area contributed by atoms with Gasteiger partial charge in [-0.1, -0.05) is 12.1 Å². The Morgan fingerprint density at radius 1 is 1.50 bits per heavy atom. The van der Waals surface area contributed by atoms with Gasteiger partial charge in [0.05, 0.1) is 12.1 Å². The van der Waals surface area contributed by atoms with Gasteiger partial charge in [-0.3, -0.25) is 4.79 Å². The molecule has 0 bridgehead atoms. The van der Waals surface area contributed by atoms with Gasteiger partial charge in [0.2, 0.25) is 5.89 Å². The van der Waals surface area contributed by atoms with Crippen molar-refractivity contribution in [2.24, 2.45) is 5.92 Å². The molecule has 1 aromatic heterocycles. The maximum absolute atomic E-state index is 12.3. The second kappa shape index (κ2) is 5.49. The average molecular weight is 280 g/mol. The van der Waals surface area contributed by atoms with Crippen LogP contribution in [-0.2, 0) is 0 Å². The summed E-state index contributed by atoms with van der Waals surface area (Å²) < 4.78 is 5.19. The molecule has 0 radical (unpaired) electrons. The molecule has 2 saturated heterocycles. The van der Waals surface area contributed by atoms with E-state index in [-0.39, 0.29) is 29.8 Å². The summed E-state index contributed by atoms with van der Waals surface area (Å²) in [5.41, 5.74) is 0. The molecule has 3 atom stereocenters. The van der Waals surface area contributed by atoms with Gasteiger partial charge in [-0.05, 0) is 31.7 Å². The molecule has 2 fully saturated rings.